The van der Waals surface area contributed by atoms with Crippen molar-refractivity contribution in [2.75, 3.05) is 32.8 Å². The summed E-state index contributed by atoms with van der Waals surface area (Å²) in [5, 5.41) is 3.48. The highest BCUT2D eigenvalue weighted by Gasteiger charge is 2.39. The second-order valence-corrected chi connectivity index (χ2v) is 4.86. The Balaban J connectivity index is 1.74. The molecule has 0 aromatic heterocycles. The van der Waals surface area contributed by atoms with Crippen molar-refractivity contribution in [3.63, 3.8) is 0 Å². The molecule has 2 atom stereocenters. The summed E-state index contributed by atoms with van der Waals surface area (Å²) in [6.07, 6.45) is 4.18. The fraction of sp³-hybridized carbons (Fsp3) is 1.00. The smallest absolute Gasteiger partial charge is 0.0593 e. The molecule has 0 aromatic carbocycles. The molecule has 0 radical (unpaired) electrons. The van der Waals surface area contributed by atoms with Gasteiger partial charge in [-0.1, -0.05) is 0 Å². The van der Waals surface area contributed by atoms with Gasteiger partial charge in [0.15, 0.2) is 0 Å². The maximum absolute atomic E-state index is 5.69. The molecule has 3 fully saturated rings. The van der Waals surface area contributed by atoms with E-state index in [0.717, 1.165) is 37.8 Å². The highest BCUT2D eigenvalue weighted by Crippen LogP contribution is 2.33. The molecule has 14 heavy (non-hydrogen) atoms. The molecule has 2 heterocycles. The van der Waals surface area contributed by atoms with Gasteiger partial charge in [-0.05, 0) is 25.8 Å². The Morgan fingerprint density at radius 3 is 3.00 bits per heavy atom. The van der Waals surface area contributed by atoms with Gasteiger partial charge in [-0.15, -0.1) is 0 Å². The third-order valence-corrected chi connectivity index (χ3v) is 3.84. The Morgan fingerprint density at radius 1 is 1.21 bits per heavy atom. The molecule has 1 N–H and O–H groups in total. The number of hydrogen-bond acceptors (Lipinski definition) is 3. The topological polar surface area (TPSA) is 24.5 Å². The largest absolute Gasteiger partial charge is 0.380 e. The zero-order chi connectivity index (χ0) is 9.38. The number of fused-ring (bicyclic) bond motifs is 1. The van der Waals surface area contributed by atoms with Crippen molar-refractivity contribution >= 4 is 0 Å². The van der Waals surface area contributed by atoms with Crippen molar-refractivity contribution in [3.05, 3.63) is 0 Å². The van der Waals surface area contributed by atoms with Crippen molar-refractivity contribution in [3.8, 4) is 0 Å². The highest BCUT2D eigenvalue weighted by molar-refractivity contribution is 4.94. The minimum Gasteiger partial charge on any atom is -0.380 e. The summed E-state index contributed by atoms with van der Waals surface area (Å²) in [7, 11) is 0. The van der Waals surface area contributed by atoms with Gasteiger partial charge in [0.05, 0.1) is 13.2 Å². The van der Waals surface area contributed by atoms with E-state index in [0.29, 0.717) is 0 Å². The number of hydrogen-bond donors (Lipinski definition) is 1. The number of piperidine rings is 1. The number of nitrogens with one attached hydrogen (secondary N) is 1. The summed E-state index contributed by atoms with van der Waals surface area (Å²) < 4.78 is 5.69. The molecular weight excluding hydrogens is 176 g/mol. The van der Waals surface area contributed by atoms with Crippen LogP contribution in [-0.4, -0.2) is 49.8 Å². The summed E-state index contributed by atoms with van der Waals surface area (Å²) in [5.41, 5.74) is 0. The first-order valence-corrected chi connectivity index (χ1v) is 5.99. The van der Waals surface area contributed by atoms with E-state index in [1.165, 1.54) is 32.4 Å². The van der Waals surface area contributed by atoms with Crippen molar-refractivity contribution in [1.29, 1.82) is 0 Å². The summed E-state index contributed by atoms with van der Waals surface area (Å²) in [6, 6.07) is 1.72. The van der Waals surface area contributed by atoms with E-state index in [1.807, 2.05) is 0 Å². The molecule has 1 saturated carbocycles. The molecule has 3 nitrogen and oxygen atoms in total. The summed E-state index contributed by atoms with van der Waals surface area (Å²) >= 11 is 0. The Labute approximate surface area is 85.8 Å². The molecule has 3 aliphatic rings. The van der Waals surface area contributed by atoms with Gasteiger partial charge in [0, 0.05) is 31.1 Å². The van der Waals surface area contributed by atoms with E-state index in [9.17, 15) is 0 Å². The van der Waals surface area contributed by atoms with Gasteiger partial charge in [-0.25, -0.2) is 0 Å². The number of rotatable bonds is 1. The first-order valence-electron chi connectivity index (χ1n) is 5.99. The van der Waals surface area contributed by atoms with Gasteiger partial charge in [0.2, 0.25) is 0 Å². The van der Waals surface area contributed by atoms with E-state index in [2.05, 4.69) is 10.2 Å². The van der Waals surface area contributed by atoms with Gasteiger partial charge in [0.1, 0.15) is 0 Å². The first-order chi connectivity index (χ1) is 6.95. The second-order valence-electron chi connectivity index (χ2n) is 4.86. The van der Waals surface area contributed by atoms with Crippen LogP contribution >= 0.6 is 0 Å². The van der Waals surface area contributed by atoms with Crippen LogP contribution in [0, 0.1) is 5.92 Å². The minimum absolute atomic E-state index is 0.742. The molecule has 0 spiro atoms. The van der Waals surface area contributed by atoms with Gasteiger partial charge < -0.3 is 10.1 Å². The number of nitrogens with zero attached hydrogens (tertiary/aromatic N) is 1. The third-order valence-electron chi connectivity index (χ3n) is 3.84. The number of ether oxygens (including phenoxy) is 1. The lowest BCUT2D eigenvalue weighted by molar-refractivity contribution is 0.100. The van der Waals surface area contributed by atoms with Crippen LogP contribution in [0.5, 0.6) is 0 Å². The maximum atomic E-state index is 5.69. The maximum Gasteiger partial charge on any atom is 0.0593 e. The second kappa shape index (κ2) is 3.80. The molecular formula is C11H20N2O. The van der Waals surface area contributed by atoms with Crippen LogP contribution < -0.4 is 5.32 Å². The molecule has 2 saturated heterocycles. The zero-order valence-electron chi connectivity index (χ0n) is 8.74. The Hall–Kier alpha value is -0.120. The average molecular weight is 196 g/mol. The lowest BCUT2D eigenvalue weighted by Crippen LogP contribution is -2.50. The fourth-order valence-electron chi connectivity index (χ4n) is 2.95. The van der Waals surface area contributed by atoms with E-state index in [1.54, 1.807) is 0 Å². The van der Waals surface area contributed by atoms with Gasteiger partial charge >= 0.3 is 0 Å². The molecule has 3 heteroatoms. The molecule has 1 aliphatic carbocycles. The van der Waals surface area contributed by atoms with E-state index in [-0.39, 0.29) is 0 Å². The summed E-state index contributed by atoms with van der Waals surface area (Å²) in [4.78, 5) is 2.73. The van der Waals surface area contributed by atoms with Crippen LogP contribution in [0.1, 0.15) is 19.3 Å². The fourth-order valence-corrected chi connectivity index (χ4v) is 2.95. The first kappa shape index (κ1) is 9.13. The van der Waals surface area contributed by atoms with Crippen LogP contribution in [0.3, 0.4) is 0 Å². The molecule has 3 rings (SSSR count). The third kappa shape index (κ3) is 1.69. The van der Waals surface area contributed by atoms with Crippen molar-refractivity contribution < 1.29 is 4.74 Å². The Morgan fingerprint density at radius 2 is 2.14 bits per heavy atom. The summed E-state index contributed by atoms with van der Waals surface area (Å²) in [6.45, 7) is 5.45. The van der Waals surface area contributed by atoms with Crippen LogP contribution in [-0.2, 0) is 4.74 Å². The predicted octanol–water partition coefficient (Wildman–Crippen LogP) is 0.459. The van der Waals surface area contributed by atoms with E-state index >= 15 is 0 Å². The van der Waals surface area contributed by atoms with Crippen LogP contribution in [0.4, 0.5) is 0 Å². The molecule has 2 aliphatic heterocycles. The van der Waals surface area contributed by atoms with Crippen molar-refractivity contribution in [1.82, 2.24) is 10.2 Å². The lowest BCUT2D eigenvalue weighted by atomic mass is 9.93. The molecule has 0 unspecified atom stereocenters. The van der Waals surface area contributed by atoms with Crippen LogP contribution in [0.25, 0.3) is 0 Å². The van der Waals surface area contributed by atoms with Crippen molar-refractivity contribution in [2.45, 2.75) is 31.3 Å². The molecule has 80 valence electrons. The zero-order valence-corrected chi connectivity index (χ0v) is 8.74. The monoisotopic (exact) mass is 196 g/mol. The quantitative estimate of drug-likeness (QED) is 0.659. The lowest BCUT2D eigenvalue weighted by Gasteiger charge is -2.37. The predicted molar refractivity (Wildman–Crippen MR) is 55.3 cm³/mol. The Kier molecular flexibility index (Phi) is 2.48. The SMILES string of the molecule is C1C[C@@H]2[C@H](CN1)COCCN2C1CC1. The molecule has 0 amide bonds. The molecule has 0 aromatic rings. The van der Waals surface area contributed by atoms with E-state index in [4.69, 9.17) is 4.74 Å². The minimum atomic E-state index is 0.742. The molecule has 0 bridgehead atoms. The van der Waals surface area contributed by atoms with Gasteiger partial charge in [-0.2, -0.15) is 0 Å². The Bertz CT molecular complexity index is 205. The van der Waals surface area contributed by atoms with Gasteiger partial charge in [-0.3, -0.25) is 4.90 Å². The average Bonchev–Trinajstić information content (AvgIpc) is 3.03. The van der Waals surface area contributed by atoms with E-state index < -0.39 is 0 Å². The normalized spacial score (nSPS) is 40.3. The van der Waals surface area contributed by atoms with Crippen LogP contribution in [0.15, 0.2) is 0 Å². The van der Waals surface area contributed by atoms with Gasteiger partial charge in [0.25, 0.3) is 0 Å². The highest BCUT2D eigenvalue weighted by atomic mass is 16.5. The standard InChI is InChI=1S/C11H20N2O/c1-2-10(1)13-5-6-14-8-9-7-12-4-3-11(9)13/h9-12H,1-8H2/t9-,11-/m1/s1. The van der Waals surface area contributed by atoms with Crippen LogP contribution in [0.2, 0.25) is 0 Å². The van der Waals surface area contributed by atoms with Crippen molar-refractivity contribution in [2.24, 2.45) is 5.92 Å². The summed E-state index contributed by atoms with van der Waals surface area (Å²) in [5.74, 6) is 0.742.